The van der Waals surface area contributed by atoms with Crippen molar-refractivity contribution >= 4 is 17.2 Å². The van der Waals surface area contributed by atoms with E-state index in [1.165, 1.54) is 23.6 Å². The van der Waals surface area contributed by atoms with Crippen LogP contribution in [0.5, 0.6) is 0 Å². The predicted octanol–water partition coefficient (Wildman–Crippen LogP) is 1.73. The Hall–Kier alpha value is -3.05. The highest BCUT2D eigenvalue weighted by atomic mass is 32.1. The molecular weight excluding hydrogens is 300 g/mol. The molecule has 22 heavy (non-hydrogen) atoms. The molecule has 7 nitrogen and oxygen atoms in total. The topological polar surface area (TPSA) is 107 Å². The lowest BCUT2D eigenvalue weighted by molar-refractivity contribution is 0.0946. The highest BCUT2D eigenvalue weighted by molar-refractivity contribution is 7.13. The maximum absolute atomic E-state index is 11.9. The van der Waals surface area contributed by atoms with E-state index in [1.807, 2.05) is 11.4 Å². The van der Waals surface area contributed by atoms with Gasteiger partial charge in [-0.3, -0.25) is 4.79 Å². The first kappa shape index (κ1) is 13.9. The van der Waals surface area contributed by atoms with E-state index in [0.29, 0.717) is 28.6 Å². The standard InChI is InChI=1S/C14H10N6OS/c15-5-9-4-11(18-6-9)13(21)19-7-10-8-22-14(20-10)12-16-2-1-3-17-12/h1-4,6,8,18H,7H2,(H,19,21). The van der Waals surface area contributed by atoms with Crippen molar-refractivity contribution in [1.82, 2.24) is 25.3 Å². The molecular formula is C14H10N6OS. The van der Waals surface area contributed by atoms with Gasteiger partial charge in [0.1, 0.15) is 11.8 Å². The van der Waals surface area contributed by atoms with Crippen LogP contribution in [0, 0.1) is 11.3 Å². The van der Waals surface area contributed by atoms with Gasteiger partial charge in [-0.15, -0.1) is 11.3 Å². The van der Waals surface area contributed by atoms with Gasteiger partial charge in [-0.2, -0.15) is 5.26 Å². The van der Waals surface area contributed by atoms with Gasteiger partial charge in [0, 0.05) is 24.0 Å². The number of carbonyl (C=O) groups is 1. The lowest BCUT2D eigenvalue weighted by Gasteiger charge is -2.00. The monoisotopic (exact) mass is 310 g/mol. The Morgan fingerprint density at radius 3 is 2.95 bits per heavy atom. The minimum atomic E-state index is -0.285. The normalized spacial score (nSPS) is 10.1. The van der Waals surface area contributed by atoms with E-state index < -0.39 is 0 Å². The molecule has 0 spiro atoms. The molecule has 0 aromatic carbocycles. The Balaban J connectivity index is 1.64. The summed E-state index contributed by atoms with van der Waals surface area (Å²) in [5, 5.41) is 14.0. The second-order valence-corrected chi connectivity index (χ2v) is 5.17. The van der Waals surface area contributed by atoms with E-state index in [-0.39, 0.29) is 5.91 Å². The Bertz CT molecular complexity index is 832. The predicted molar refractivity (Wildman–Crippen MR) is 79.8 cm³/mol. The minimum Gasteiger partial charge on any atom is -0.356 e. The molecule has 8 heteroatoms. The van der Waals surface area contributed by atoms with Gasteiger partial charge in [-0.1, -0.05) is 0 Å². The zero-order chi connectivity index (χ0) is 15.4. The molecule has 0 aliphatic carbocycles. The number of hydrogen-bond donors (Lipinski definition) is 2. The molecule has 0 aliphatic heterocycles. The zero-order valence-electron chi connectivity index (χ0n) is 11.3. The third kappa shape index (κ3) is 2.99. The highest BCUT2D eigenvalue weighted by Gasteiger charge is 2.10. The number of nitrogens with zero attached hydrogens (tertiary/aromatic N) is 4. The van der Waals surface area contributed by atoms with E-state index in [2.05, 4.69) is 25.3 Å². The molecule has 108 valence electrons. The summed E-state index contributed by atoms with van der Waals surface area (Å²) in [6, 6.07) is 5.20. The first-order chi connectivity index (χ1) is 10.8. The molecule has 3 aromatic heterocycles. The Morgan fingerprint density at radius 2 is 2.23 bits per heavy atom. The molecule has 0 radical (unpaired) electrons. The number of thiazole rings is 1. The number of nitriles is 1. The van der Waals surface area contributed by atoms with Crippen LogP contribution in [0.3, 0.4) is 0 Å². The van der Waals surface area contributed by atoms with Gasteiger partial charge in [0.05, 0.1) is 17.8 Å². The van der Waals surface area contributed by atoms with Gasteiger partial charge in [-0.25, -0.2) is 15.0 Å². The fourth-order valence-corrected chi connectivity index (χ4v) is 2.52. The number of H-pyrrole nitrogens is 1. The zero-order valence-corrected chi connectivity index (χ0v) is 12.1. The average molecular weight is 310 g/mol. The van der Waals surface area contributed by atoms with E-state index >= 15 is 0 Å². The van der Waals surface area contributed by atoms with E-state index in [4.69, 9.17) is 5.26 Å². The third-order valence-electron chi connectivity index (χ3n) is 2.80. The number of carbonyl (C=O) groups excluding carboxylic acids is 1. The summed E-state index contributed by atoms with van der Waals surface area (Å²) in [5.41, 5.74) is 1.49. The molecule has 0 unspecified atom stereocenters. The summed E-state index contributed by atoms with van der Waals surface area (Å²) in [7, 11) is 0. The van der Waals surface area contributed by atoms with Gasteiger partial charge >= 0.3 is 0 Å². The quantitative estimate of drug-likeness (QED) is 0.763. The van der Waals surface area contributed by atoms with Crippen LogP contribution in [-0.4, -0.2) is 25.8 Å². The second kappa shape index (κ2) is 6.15. The smallest absolute Gasteiger partial charge is 0.268 e. The molecule has 3 rings (SSSR count). The van der Waals surface area contributed by atoms with Crippen LogP contribution in [-0.2, 0) is 6.54 Å². The van der Waals surface area contributed by atoms with Crippen LogP contribution < -0.4 is 5.32 Å². The van der Waals surface area contributed by atoms with Crippen LogP contribution >= 0.6 is 11.3 Å². The lowest BCUT2D eigenvalue weighted by Crippen LogP contribution is -2.23. The van der Waals surface area contributed by atoms with E-state index in [1.54, 1.807) is 18.5 Å². The SMILES string of the molecule is N#Cc1c[nH]c(C(=O)NCc2csc(-c3ncccn3)n2)c1. The molecule has 3 aromatic rings. The van der Waals surface area contributed by atoms with Gasteiger partial charge in [-0.05, 0) is 12.1 Å². The molecule has 1 amide bonds. The molecule has 0 saturated carbocycles. The molecule has 0 atom stereocenters. The second-order valence-electron chi connectivity index (χ2n) is 4.31. The van der Waals surface area contributed by atoms with Crippen LogP contribution in [0.15, 0.2) is 36.1 Å². The summed E-state index contributed by atoms with van der Waals surface area (Å²) in [6.45, 7) is 0.295. The third-order valence-corrected chi connectivity index (χ3v) is 3.68. The van der Waals surface area contributed by atoms with Crippen molar-refractivity contribution in [3.63, 3.8) is 0 Å². The molecule has 0 bridgehead atoms. The Labute approximate surface area is 129 Å². The number of aromatic nitrogens is 4. The van der Waals surface area contributed by atoms with Crippen molar-refractivity contribution in [2.75, 3.05) is 0 Å². The first-order valence-electron chi connectivity index (χ1n) is 6.35. The number of nitrogens with one attached hydrogen (secondary N) is 2. The van der Waals surface area contributed by atoms with Crippen molar-refractivity contribution in [3.8, 4) is 16.9 Å². The van der Waals surface area contributed by atoms with Crippen LogP contribution in [0.1, 0.15) is 21.7 Å². The first-order valence-corrected chi connectivity index (χ1v) is 7.23. The summed E-state index contributed by atoms with van der Waals surface area (Å²) in [6.07, 6.45) is 4.80. The van der Waals surface area contributed by atoms with Crippen molar-refractivity contribution < 1.29 is 4.79 Å². The van der Waals surface area contributed by atoms with E-state index in [0.717, 1.165) is 5.69 Å². The minimum absolute atomic E-state index is 0.285. The molecule has 0 aliphatic rings. The summed E-state index contributed by atoms with van der Waals surface area (Å²) in [5.74, 6) is 0.278. The van der Waals surface area contributed by atoms with Crippen LogP contribution in [0.4, 0.5) is 0 Å². The highest BCUT2D eigenvalue weighted by Crippen LogP contribution is 2.19. The number of amides is 1. The van der Waals surface area contributed by atoms with Crippen molar-refractivity contribution in [2.24, 2.45) is 0 Å². The van der Waals surface area contributed by atoms with Crippen molar-refractivity contribution in [1.29, 1.82) is 5.26 Å². The van der Waals surface area contributed by atoms with Crippen LogP contribution in [0.2, 0.25) is 0 Å². The molecule has 2 N–H and O–H groups in total. The van der Waals surface area contributed by atoms with Gasteiger partial charge < -0.3 is 10.3 Å². The molecule has 0 fully saturated rings. The molecule has 0 saturated heterocycles. The molecule has 3 heterocycles. The Kier molecular flexibility index (Phi) is 3.89. The van der Waals surface area contributed by atoms with Crippen molar-refractivity contribution in [3.05, 3.63) is 53.1 Å². The number of aromatic amines is 1. The maximum Gasteiger partial charge on any atom is 0.268 e. The summed E-state index contributed by atoms with van der Waals surface area (Å²) in [4.78, 5) is 27.3. The number of rotatable bonds is 4. The van der Waals surface area contributed by atoms with E-state index in [9.17, 15) is 4.79 Å². The van der Waals surface area contributed by atoms with Gasteiger partial charge in [0.2, 0.25) is 0 Å². The Morgan fingerprint density at radius 1 is 1.41 bits per heavy atom. The fraction of sp³-hybridized carbons (Fsp3) is 0.0714. The summed E-state index contributed by atoms with van der Waals surface area (Å²) >= 11 is 1.42. The van der Waals surface area contributed by atoms with Crippen molar-refractivity contribution in [2.45, 2.75) is 6.54 Å². The lowest BCUT2D eigenvalue weighted by atomic mass is 10.3. The summed E-state index contributed by atoms with van der Waals surface area (Å²) < 4.78 is 0. The fourth-order valence-electron chi connectivity index (χ4n) is 1.76. The largest absolute Gasteiger partial charge is 0.356 e. The average Bonchev–Trinajstić information content (AvgIpc) is 3.22. The van der Waals surface area contributed by atoms with Gasteiger partial charge in [0.15, 0.2) is 10.8 Å². The number of hydrogen-bond acceptors (Lipinski definition) is 6. The maximum atomic E-state index is 11.9. The van der Waals surface area contributed by atoms with Crippen LogP contribution in [0.25, 0.3) is 10.8 Å². The van der Waals surface area contributed by atoms with Gasteiger partial charge in [0.25, 0.3) is 5.91 Å².